The van der Waals surface area contributed by atoms with Gasteiger partial charge in [0.1, 0.15) is 12.1 Å². The van der Waals surface area contributed by atoms with Crippen molar-refractivity contribution < 1.29 is 14.4 Å². The van der Waals surface area contributed by atoms with Crippen LogP contribution in [0.5, 0.6) is 0 Å². The Morgan fingerprint density at radius 3 is 2.44 bits per heavy atom. The zero-order valence-electron chi connectivity index (χ0n) is 18.9. The number of imide groups is 1. The van der Waals surface area contributed by atoms with Gasteiger partial charge >= 0.3 is 6.03 Å². The van der Waals surface area contributed by atoms with Crippen LogP contribution in [0.4, 0.5) is 9.93 Å². The first kappa shape index (κ1) is 22.3. The summed E-state index contributed by atoms with van der Waals surface area (Å²) in [6, 6.07) is 19.2. The first-order valence-corrected chi connectivity index (χ1v) is 12.4. The number of aromatic nitrogens is 1. The van der Waals surface area contributed by atoms with E-state index in [1.165, 1.54) is 11.3 Å². The van der Waals surface area contributed by atoms with Gasteiger partial charge in [-0.25, -0.2) is 9.78 Å². The largest absolute Gasteiger partial charge is 0.325 e. The van der Waals surface area contributed by atoms with Crippen LogP contribution in [0.25, 0.3) is 21.7 Å². The fourth-order valence-corrected chi connectivity index (χ4v) is 5.90. The standard InChI is InChI=1S/C26H26N4O3S/c1-17-10-8-9-15-26(17)23(32)30(25(33)29-26)16-20(31)27-24-28-21(18-11-4-2-5-12-18)22(34-24)19-13-6-3-7-14-19/h2-7,11-14,17H,8-10,15-16H2,1H3,(H,29,33)(H,27,28,31). The highest BCUT2D eigenvalue weighted by Gasteiger charge is 2.55. The third kappa shape index (κ3) is 3.98. The molecule has 1 spiro atoms. The molecule has 5 rings (SSSR count). The molecule has 8 heteroatoms. The van der Waals surface area contributed by atoms with E-state index < -0.39 is 17.5 Å². The lowest BCUT2D eigenvalue weighted by molar-refractivity contribution is -0.136. The zero-order chi connectivity index (χ0) is 23.7. The van der Waals surface area contributed by atoms with Crippen LogP contribution in [0, 0.1) is 5.92 Å². The average Bonchev–Trinajstić information content (AvgIpc) is 3.37. The lowest BCUT2D eigenvalue weighted by atomic mass is 9.73. The molecule has 2 fully saturated rings. The molecule has 174 valence electrons. The van der Waals surface area contributed by atoms with E-state index in [0.29, 0.717) is 11.6 Å². The van der Waals surface area contributed by atoms with Crippen molar-refractivity contribution in [1.29, 1.82) is 0 Å². The summed E-state index contributed by atoms with van der Waals surface area (Å²) in [6.45, 7) is 1.66. The number of thiazole rings is 1. The molecule has 2 N–H and O–H groups in total. The summed E-state index contributed by atoms with van der Waals surface area (Å²) in [6.07, 6.45) is 3.43. The Morgan fingerprint density at radius 1 is 1.09 bits per heavy atom. The molecule has 1 saturated heterocycles. The Kier molecular flexibility index (Phi) is 5.91. The number of carbonyl (C=O) groups excluding carboxylic acids is 3. The Bertz CT molecular complexity index is 1170. The van der Waals surface area contributed by atoms with E-state index in [2.05, 4.69) is 15.6 Å². The number of carbonyl (C=O) groups is 3. The molecule has 4 amide bonds. The topological polar surface area (TPSA) is 91.4 Å². The fraction of sp³-hybridized carbons (Fsp3) is 0.308. The molecule has 1 aliphatic carbocycles. The summed E-state index contributed by atoms with van der Waals surface area (Å²) in [5, 5.41) is 6.12. The molecular weight excluding hydrogens is 448 g/mol. The summed E-state index contributed by atoms with van der Waals surface area (Å²) in [4.78, 5) is 45.3. The molecule has 0 radical (unpaired) electrons. The van der Waals surface area contributed by atoms with E-state index in [4.69, 9.17) is 0 Å². The van der Waals surface area contributed by atoms with E-state index in [9.17, 15) is 14.4 Å². The molecule has 7 nitrogen and oxygen atoms in total. The molecule has 0 bridgehead atoms. The molecule has 3 aromatic rings. The monoisotopic (exact) mass is 474 g/mol. The summed E-state index contributed by atoms with van der Waals surface area (Å²) in [5.41, 5.74) is 1.84. The number of amides is 4. The van der Waals surface area contributed by atoms with Gasteiger partial charge in [0.05, 0.1) is 10.6 Å². The third-order valence-electron chi connectivity index (χ3n) is 6.76. The first-order chi connectivity index (χ1) is 16.5. The minimum atomic E-state index is -0.877. The highest BCUT2D eigenvalue weighted by Crippen LogP contribution is 2.40. The number of nitrogens with zero attached hydrogens (tertiary/aromatic N) is 2. The van der Waals surface area contributed by atoms with Crippen molar-refractivity contribution in [2.24, 2.45) is 5.92 Å². The van der Waals surface area contributed by atoms with Crippen molar-refractivity contribution in [2.45, 2.75) is 38.1 Å². The van der Waals surface area contributed by atoms with E-state index in [1.807, 2.05) is 67.6 Å². The van der Waals surface area contributed by atoms with Crippen molar-refractivity contribution >= 4 is 34.3 Å². The zero-order valence-corrected chi connectivity index (χ0v) is 19.7. The summed E-state index contributed by atoms with van der Waals surface area (Å²) in [5.74, 6) is -0.697. The SMILES string of the molecule is CC1CCCCC12NC(=O)N(CC(=O)Nc1nc(-c3ccccc3)c(-c3ccccc3)s1)C2=O. The number of rotatable bonds is 5. The van der Waals surface area contributed by atoms with Crippen molar-refractivity contribution in [2.75, 3.05) is 11.9 Å². The van der Waals surface area contributed by atoms with Gasteiger partial charge < -0.3 is 10.6 Å². The van der Waals surface area contributed by atoms with Gasteiger partial charge in [-0.2, -0.15) is 0 Å². The number of anilines is 1. The predicted molar refractivity (Wildman–Crippen MR) is 132 cm³/mol. The van der Waals surface area contributed by atoms with Crippen LogP contribution in [0.15, 0.2) is 60.7 Å². The number of nitrogens with one attached hydrogen (secondary N) is 2. The fourth-order valence-electron chi connectivity index (χ4n) is 4.89. The maximum absolute atomic E-state index is 13.2. The molecule has 2 aromatic carbocycles. The molecule has 2 aliphatic rings. The van der Waals surface area contributed by atoms with Crippen molar-refractivity contribution in [1.82, 2.24) is 15.2 Å². The molecule has 2 heterocycles. The molecule has 2 unspecified atom stereocenters. The molecule has 1 saturated carbocycles. The van der Waals surface area contributed by atoms with Crippen molar-refractivity contribution in [3.05, 3.63) is 60.7 Å². The Labute approximate surface area is 202 Å². The number of hydrogen-bond donors (Lipinski definition) is 2. The maximum atomic E-state index is 13.2. The van der Waals surface area contributed by atoms with Gasteiger partial charge in [-0.3, -0.25) is 14.5 Å². The number of urea groups is 1. The van der Waals surface area contributed by atoms with Crippen LogP contribution in [-0.2, 0) is 9.59 Å². The van der Waals surface area contributed by atoms with Gasteiger partial charge in [0.15, 0.2) is 5.13 Å². The van der Waals surface area contributed by atoms with E-state index >= 15 is 0 Å². The van der Waals surface area contributed by atoms with E-state index in [0.717, 1.165) is 45.9 Å². The normalized spacial score (nSPS) is 22.1. The molecule has 2 atom stereocenters. The maximum Gasteiger partial charge on any atom is 0.325 e. The predicted octanol–water partition coefficient (Wildman–Crippen LogP) is 4.92. The first-order valence-electron chi connectivity index (χ1n) is 11.5. The van der Waals surface area contributed by atoms with Crippen LogP contribution in [-0.4, -0.2) is 39.8 Å². The van der Waals surface area contributed by atoms with Gasteiger partial charge in [-0.15, -0.1) is 0 Å². The number of hydrogen-bond acceptors (Lipinski definition) is 5. The van der Waals surface area contributed by atoms with Crippen LogP contribution in [0.2, 0.25) is 0 Å². The minimum absolute atomic E-state index is 0.0478. The minimum Gasteiger partial charge on any atom is -0.323 e. The average molecular weight is 475 g/mol. The van der Waals surface area contributed by atoms with Crippen molar-refractivity contribution in [3.63, 3.8) is 0 Å². The van der Waals surface area contributed by atoms with Gasteiger partial charge in [-0.05, 0) is 24.3 Å². The van der Waals surface area contributed by atoms with Gasteiger partial charge in [0, 0.05) is 5.56 Å². The summed E-state index contributed by atoms with van der Waals surface area (Å²) < 4.78 is 0. The molecule has 1 aliphatic heterocycles. The van der Waals surface area contributed by atoms with Gasteiger partial charge in [-0.1, -0.05) is 91.8 Å². The molecular formula is C26H26N4O3S. The molecule has 34 heavy (non-hydrogen) atoms. The highest BCUT2D eigenvalue weighted by atomic mass is 32.1. The Balaban J connectivity index is 1.37. The molecule has 1 aromatic heterocycles. The van der Waals surface area contributed by atoms with Crippen LogP contribution in [0.3, 0.4) is 0 Å². The Hall–Kier alpha value is -3.52. The highest BCUT2D eigenvalue weighted by molar-refractivity contribution is 7.19. The Morgan fingerprint density at radius 2 is 1.76 bits per heavy atom. The number of benzene rings is 2. The second-order valence-electron chi connectivity index (χ2n) is 8.92. The summed E-state index contributed by atoms with van der Waals surface area (Å²) >= 11 is 1.37. The second-order valence-corrected chi connectivity index (χ2v) is 9.92. The van der Waals surface area contributed by atoms with Crippen LogP contribution < -0.4 is 10.6 Å². The van der Waals surface area contributed by atoms with E-state index in [-0.39, 0.29) is 18.4 Å². The lowest BCUT2D eigenvalue weighted by Crippen LogP contribution is -2.54. The lowest BCUT2D eigenvalue weighted by Gasteiger charge is -2.36. The third-order valence-corrected chi connectivity index (χ3v) is 7.78. The van der Waals surface area contributed by atoms with Crippen LogP contribution >= 0.6 is 11.3 Å². The van der Waals surface area contributed by atoms with E-state index in [1.54, 1.807) is 0 Å². The summed E-state index contributed by atoms with van der Waals surface area (Å²) in [7, 11) is 0. The van der Waals surface area contributed by atoms with Gasteiger partial charge in [0.2, 0.25) is 5.91 Å². The van der Waals surface area contributed by atoms with Gasteiger partial charge in [0.25, 0.3) is 5.91 Å². The van der Waals surface area contributed by atoms with Crippen LogP contribution in [0.1, 0.15) is 32.6 Å². The smallest absolute Gasteiger partial charge is 0.323 e. The second kappa shape index (κ2) is 9.02. The quantitative estimate of drug-likeness (QED) is 0.514. The van der Waals surface area contributed by atoms with Crippen molar-refractivity contribution in [3.8, 4) is 21.7 Å².